The summed E-state index contributed by atoms with van der Waals surface area (Å²) in [5.41, 5.74) is 4.68. The molecule has 0 atom stereocenters. The van der Waals surface area contributed by atoms with Crippen molar-refractivity contribution in [3.05, 3.63) is 71.3 Å². The van der Waals surface area contributed by atoms with Crippen LogP contribution in [0.5, 0.6) is 0 Å². The Labute approximate surface area is 168 Å². The van der Waals surface area contributed by atoms with Crippen molar-refractivity contribution in [1.29, 1.82) is 0 Å². The highest BCUT2D eigenvalue weighted by Gasteiger charge is 2.16. The largest absolute Gasteiger partial charge is 1.00 e. The lowest BCUT2D eigenvalue weighted by molar-refractivity contribution is -0.916. The zero-order chi connectivity index (χ0) is 18.9. The van der Waals surface area contributed by atoms with Crippen molar-refractivity contribution in [2.24, 2.45) is 5.41 Å². The first-order chi connectivity index (χ1) is 11.6. The van der Waals surface area contributed by atoms with Gasteiger partial charge in [-0.3, -0.25) is 0 Å². The van der Waals surface area contributed by atoms with Gasteiger partial charge in [-0.25, -0.2) is 0 Å². The minimum Gasteiger partial charge on any atom is -1.00 e. The number of nitrogens with zero attached hydrogens (tertiary/aromatic N) is 1. The second-order valence-electron chi connectivity index (χ2n) is 9.03. The molecule has 146 valence electrons. The van der Waals surface area contributed by atoms with Crippen LogP contribution in [0.25, 0.3) is 0 Å². The van der Waals surface area contributed by atoms with Crippen molar-refractivity contribution in [2.75, 3.05) is 14.1 Å². The van der Waals surface area contributed by atoms with E-state index in [2.05, 4.69) is 103 Å². The van der Waals surface area contributed by atoms with E-state index >= 15 is 0 Å². The van der Waals surface area contributed by atoms with E-state index in [-0.39, 0.29) is 12.4 Å². The molecule has 0 N–H and O–H groups in total. The molecule has 2 heteroatoms. The summed E-state index contributed by atoms with van der Waals surface area (Å²) >= 11 is 0. The molecular formula is C24H38ClN. The first-order valence-electron chi connectivity index (χ1n) is 9.53. The zero-order valence-corrected chi connectivity index (χ0v) is 18.6. The molecule has 26 heavy (non-hydrogen) atoms. The third-order valence-electron chi connectivity index (χ3n) is 4.18. The standard InChI is InChI=1S/C17H22N.C7H16.ClH/c1-15-9-11-17(12-10-15)14-18(2,3)13-16-7-5-4-6-8-16;1-5-6-7(2,3)4;/h4-12H,13-14H2,1-3H3;5-6H2,1-4H3;1H/q+1;;/p-1. The highest BCUT2D eigenvalue weighted by atomic mass is 35.5. The fraction of sp³-hybridized carbons (Fsp3) is 0.500. The maximum Gasteiger partial charge on any atom is 0.104 e. The highest BCUT2D eigenvalue weighted by Crippen LogP contribution is 2.19. The predicted molar refractivity (Wildman–Crippen MR) is 112 cm³/mol. The van der Waals surface area contributed by atoms with Crippen LogP contribution in [-0.2, 0) is 13.1 Å². The van der Waals surface area contributed by atoms with Crippen molar-refractivity contribution < 1.29 is 16.9 Å². The summed E-state index contributed by atoms with van der Waals surface area (Å²) in [7, 11) is 4.57. The fourth-order valence-electron chi connectivity index (χ4n) is 3.07. The third-order valence-corrected chi connectivity index (χ3v) is 4.18. The zero-order valence-electron chi connectivity index (χ0n) is 17.8. The van der Waals surface area contributed by atoms with Gasteiger partial charge in [0.05, 0.1) is 14.1 Å². The number of rotatable bonds is 5. The van der Waals surface area contributed by atoms with Gasteiger partial charge in [0.15, 0.2) is 0 Å². The number of halogens is 1. The Balaban J connectivity index is 0.000000673. The Morgan fingerprint density at radius 3 is 1.62 bits per heavy atom. The average Bonchev–Trinajstić information content (AvgIpc) is 2.49. The number of benzene rings is 2. The monoisotopic (exact) mass is 375 g/mol. The molecule has 2 aromatic carbocycles. The molecular weight excluding hydrogens is 338 g/mol. The van der Waals surface area contributed by atoms with Gasteiger partial charge >= 0.3 is 0 Å². The van der Waals surface area contributed by atoms with Crippen molar-refractivity contribution in [1.82, 2.24) is 0 Å². The molecule has 0 heterocycles. The van der Waals surface area contributed by atoms with Crippen molar-refractivity contribution in [2.45, 2.75) is 60.5 Å². The van der Waals surface area contributed by atoms with Crippen molar-refractivity contribution in [3.63, 3.8) is 0 Å². The van der Waals surface area contributed by atoms with Crippen molar-refractivity contribution >= 4 is 0 Å². The minimum absolute atomic E-state index is 0. The molecule has 1 nitrogen and oxygen atoms in total. The van der Waals surface area contributed by atoms with Crippen LogP contribution in [0.3, 0.4) is 0 Å². The summed E-state index contributed by atoms with van der Waals surface area (Å²) in [6, 6.07) is 19.6. The van der Waals surface area contributed by atoms with E-state index in [1.807, 2.05) is 0 Å². The van der Waals surface area contributed by atoms with Crippen LogP contribution >= 0.6 is 0 Å². The Morgan fingerprint density at radius 1 is 0.769 bits per heavy atom. The van der Waals surface area contributed by atoms with E-state index in [1.54, 1.807) is 0 Å². The van der Waals surface area contributed by atoms with Crippen LogP contribution in [0.1, 0.15) is 57.2 Å². The smallest absolute Gasteiger partial charge is 0.104 e. The van der Waals surface area contributed by atoms with E-state index in [1.165, 1.54) is 29.5 Å². The van der Waals surface area contributed by atoms with Gasteiger partial charge in [0.2, 0.25) is 0 Å². The second-order valence-corrected chi connectivity index (χ2v) is 9.03. The molecule has 0 saturated heterocycles. The normalized spacial score (nSPS) is 11.2. The lowest BCUT2D eigenvalue weighted by atomic mass is 9.91. The maximum absolute atomic E-state index is 2.28. The summed E-state index contributed by atoms with van der Waals surface area (Å²) < 4.78 is 0.979. The number of hydrogen-bond acceptors (Lipinski definition) is 0. The van der Waals surface area contributed by atoms with Gasteiger partial charge in [0, 0.05) is 11.1 Å². The van der Waals surface area contributed by atoms with E-state index in [4.69, 9.17) is 0 Å². The summed E-state index contributed by atoms with van der Waals surface area (Å²) in [5, 5.41) is 0. The van der Waals surface area contributed by atoms with Gasteiger partial charge in [-0.1, -0.05) is 94.3 Å². The average molecular weight is 376 g/mol. The molecule has 2 rings (SSSR count). The molecule has 0 spiro atoms. The first kappa shape index (κ1) is 24.7. The Kier molecular flexibility index (Phi) is 10.8. The molecule has 0 aromatic heterocycles. The van der Waals surface area contributed by atoms with E-state index < -0.39 is 0 Å². The van der Waals surface area contributed by atoms with E-state index in [0.29, 0.717) is 5.41 Å². The lowest BCUT2D eigenvalue weighted by Gasteiger charge is -2.30. The van der Waals surface area contributed by atoms with Gasteiger partial charge in [0.25, 0.3) is 0 Å². The van der Waals surface area contributed by atoms with Gasteiger partial charge < -0.3 is 16.9 Å². The van der Waals surface area contributed by atoms with Gasteiger partial charge in [-0.05, 0) is 18.8 Å². The fourth-order valence-corrected chi connectivity index (χ4v) is 3.07. The van der Waals surface area contributed by atoms with Crippen LogP contribution in [0, 0.1) is 12.3 Å². The van der Waals surface area contributed by atoms with Crippen LogP contribution in [-0.4, -0.2) is 18.6 Å². The summed E-state index contributed by atoms with van der Waals surface area (Å²) in [4.78, 5) is 0. The summed E-state index contributed by atoms with van der Waals surface area (Å²) in [5.74, 6) is 0. The SMILES string of the molecule is CCCC(C)(C)C.Cc1ccc(C[N+](C)(C)Cc2ccccc2)cc1.[Cl-]. The van der Waals surface area contributed by atoms with Crippen molar-refractivity contribution in [3.8, 4) is 0 Å². The molecule has 0 fully saturated rings. The van der Waals surface area contributed by atoms with E-state index in [9.17, 15) is 0 Å². The molecule has 0 bridgehead atoms. The van der Waals surface area contributed by atoms with Crippen LogP contribution in [0.15, 0.2) is 54.6 Å². The molecule has 2 aromatic rings. The molecule has 0 aliphatic heterocycles. The van der Waals surface area contributed by atoms with Crippen LogP contribution in [0.4, 0.5) is 0 Å². The van der Waals surface area contributed by atoms with Gasteiger partial charge in [0.1, 0.15) is 13.1 Å². The lowest BCUT2D eigenvalue weighted by Crippen LogP contribution is -3.00. The molecule has 0 amide bonds. The predicted octanol–water partition coefficient (Wildman–Crippen LogP) is 3.61. The van der Waals surface area contributed by atoms with E-state index in [0.717, 1.165) is 17.6 Å². The van der Waals surface area contributed by atoms with Gasteiger partial charge in [-0.2, -0.15) is 0 Å². The van der Waals surface area contributed by atoms with Gasteiger partial charge in [-0.15, -0.1) is 0 Å². The minimum atomic E-state index is 0. The van der Waals surface area contributed by atoms with Crippen LogP contribution < -0.4 is 12.4 Å². The second kappa shape index (κ2) is 11.4. The summed E-state index contributed by atoms with van der Waals surface area (Å²) in [6.07, 6.45) is 2.65. The Hall–Kier alpha value is -1.31. The molecule has 0 unspecified atom stereocenters. The topological polar surface area (TPSA) is 0 Å². The summed E-state index contributed by atoms with van der Waals surface area (Å²) in [6.45, 7) is 13.3. The highest BCUT2D eigenvalue weighted by molar-refractivity contribution is 5.20. The Morgan fingerprint density at radius 2 is 1.23 bits per heavy atom. The number of aryl methyl sites for hydroxylation is 1. The number of hydrogen-bond donors (Lipinski definition) is 0. The first-order valence-corrected chi connectivity index (χ1v) is 9.53. The van der Waals surface area contributed by atoms with Crippen LogP contribution in [0.2, 0.25) is 0 Å². The molecule has 0 aliphatic carbocycles. The quantitative estimate of drug-likeness (QED) is 0.700. The molecule has 0 saturated carbocycles. The molecule has 0 radical (unpaired) electrons. The third kappa shape index (κ3) is 11.3. The molecule has 0 aliphatic rings. The maximum atomic E-state index is 2.28. The number of quaternary nitrogens is 1. The Bertz CT molecular complexity index is 594.